The number of unbranched alkanes of at least 4 members (excludes halogenated alkanes) is 6. The molecule has 208 valence electrons. The Morgan fingerprint density at radius 1 is 1.10 bits per heavy atom. The number of carbonyl (C=O) groups is 2. The first-order valence-corrected chi connectivity index (χ1v) is 14.4. The van der Waals surface area contributed by atoms with Crippen molar-refractivity contribution in [2.24, 2.45) is 0 Å². The lowest BCUT2D eigenvalue weighted by Gasteiger charge is -2.16. The molecule has 0 saturated heterocycles. The molecule has 1 aromatic heterocycles. The normalized spacial score (nSPS) is 12.2. The smallest absolute Gasteiger partial charge is 0.331 e. The van der Waals surface area contributed by atoms with Crippen LogP contribution in [0.25, 0.3) is 17.3 Å². The third-order valence-electron chi connectivity index (χ3n) is 6.87. The summed E-state index contributed by atoms with van der Waals surface area (Å²) in [5, 5.41) is 12.0. The van der Waals surface area contributed by atoms with Crippen LogP contribution in [0, 0.1) is 23.5 Å². The first-order valence-electron chi connectivity index (χ1n) is 13.6. The minimum atomic E-state index is -1.29. The summed E-state index contributed by atoms with van der Waals surface area (Å²) in [6.07, 6.45) is 10.8. The number of aromatic nitrogens is 1. The number of carbonyl (C=O) groups excluding carboxylic acids is 1. The van der Waals surface area contributed by atoms with Crippen LogP contribution in [0.4, 0.5) is 13.9 Å². The molecule has 2 aromatic carbocycles. The van der Waals surface area contributed by atoms with E-state index in [0.717, 1.165) is 71.2 Å². The number of amides is 1. The topological polar surface area (TPSA) is 79.3 Å². The van der Waals surface area contributed by atoms with E-state index in [-0.39, 0.29) is 11.1 Å². The second kappa shape index (κ2) is 13.5. The van der Waals surface area contributed by atoms with E-state index < -0.39 is 29.1 Å². The molecule has 0 aliphatic heterocycles. The van der Waals surface area contributed by atoms with Crippen molar-refractivity contribution in [3.05, 3.63) is 74.7 Å². The van der Waals surface area contributed by atoms with Crippen LogP contribution >= 0.6 is 11.3 Å². The highest BCUT2D eigenvalue weighted by Crippen LogP contribution is 2.39. The standard InChI is InChI=1S/C32H32F2N2O3S/c1-3-4-5-6-7-8-9-10-12-21-13-11-14-24-23(21)15-16-28-29(24)35-32(40-28)36-30(37)22-18-26(33)25(27(34)19-22)17-20(2)31(38)39/h11,13-14,17-19H,3-9,15-16H2,1-2H3,(H,38,39)(H,35,36,37). The molecule has 0 atom stereocenters. The molecule has 1 aliphatic rings. The number of thiazole rings is 1. The Morgan fingerprint density at radius 2 is 1.82 bits per heavy atom. The van der Waals surface area contributed by atoms with Gasteiger partial charge in [0, 0.05) is 39.1 Å². The van der Waals surface area contributed by atoms with Crippen molar-refractivity contribution >= 4 is 34.4 Å². The highest BCUT2D eigenvalue weighted by atomic mass is 32.1. The first kappa shape index (κ1) is 29.2. The number of carboxylic acids is 1. The van der Waals surface area contributed by atoms with Gasteiger partial charge < -0.3 is 5.11 Å². The number of rotatable bonds is 10. The van der Waals surface area contributed by atoms with E-state index in [1.165, 1.54) is 50.4 Å². The Kier molecular flexibility index (Phi) is 9.84. The summed E-state index contributed by atoms with van der Waals surface area (Å²) in [5.41, 5.74) is 2.98. The van der Waals surface area contributed by atoms with Gasteiger partial charge in [0.2, 0.25) is 0 Å². The van der Waals surface area contributed by atoms with Crippen molar-refractivity contribution in [1.29, 1.82) is 0 Å². The number of nitrogens with one attached hydrogen (secondary N) is 1. The van der Waals surface area contributed by atoms with E-state index in [2.05, 4.69) is 29.1 Å². The summed E-state index contributed by atoms with van der Waals surface area (Å²) in [6, 6.07) is 7.78. The molecule has 1 amide bonds. The number of hydrogen-bond acceptors (Lipinski definition) is 4. The molecule has 0 saturated carbocycles. The highest BCUT2D eigenvalue weighted by Gasteiger charge is 2.24. The zero-order valence-corrected chi connectivity index (χ0v) is 23.5. The Morgan fingerprint density at radius 3 is 2.55 bits per heavy atom. The van der Waals surface area contributed by atoms with Crippen LogP contribution in [0.2, 0.25) is 0 Å². The number of benzene rings is 2. The Hall–Kier alpha value is -3.83. The van der Waals surface area contributed by atoms with Crippen LogP contribution < -0.4 is 5.32 Å². The highest BCUT2D eigenvalue weighted by molar-refractivity contribution is 7.16. The van der Waals surface area contributed by atoms with E-state index in [0.29, 0.717) is 5.13 Å². The van der Waals surface area contributed by atoms with Gasteiger partial charge in [-0.2, -0.15) is 0 Å². The molecule has 5 nitrogen and oxygen atoms in total. The maximum atomic E-state index is 14.5. The van der Waals surface area contributed by atoms with Crippen molar-refractivity contribution in [1.82, 2.24) is 4.98 Å². The molecule has 40 heavy (non-hydrogen) atoms. The van der Waals surface area contributed by atoms with Gasteiger partial charge in [0.05, 0.1) is 5.69 Å². The summed E-state index contributed by atoms with van der Waals surface area (Å²) in [5.74, 6) is 2.63. The molecular weight excluding hydrogens is 530 g/mol. The van der Waals surface area contributed by atoms with Crippen LogP contribution in [0.5, 0.6) is 0 Å². The fourth-order valence-electron chi connectivity index (χ4n) is 4.67. The second-order valence-corrected chi connectivity index (χ2v) is 11.0. The van der Waals surface area contributed by atoms with Crippen molar-refractivity contribution in [3.8, 4) is 23.1 Å². The minimum Gasteiger partial charge on any atom is -0.478 e. The molecule has 0 fully saturated rings. The maximum absolute atomic E-state index is 14.5. The number of halogens is 2. The van der Waals surface area contributed by atoms with Gasteiger partial charge in [-0.1, -0.05) is 63.0 Å². The molecular formula is C32H32F2N2O3S. The fourth-order valence-corrected chi connectivity index (χ4v) is 5.64. The second-order valence-electron chi connectivity index (χ2n) is 9.88. The summed E-state index contributed by atoms with van der Waals surface area (Å²) in [4.78, 5) is 29.5. The van der Waals surface area contributed by atoms with Crippen molar-refractivity contribution in [2.45, 2.75) is 71.6 Å². The largest absolute Gasteiger partial charge is 0.478 e. The average Bonchev–Trinajstić information content (AvgIpc) is 3.34. The quantitative estimate of drug-likeness (QED) is 0.149. The molecule has 4 rings (SSSR count). The van der Waals surface area contributed by atoms with Gasteiger partial charge in [0.1, 0.15) is 11.6 Å². The lowest BCUT2D eigenvalue weighted by atomic mass is 9.90. The molecule has 0 unspecified atom stereocenters. The zero-order chi connectivity index (χ0) is 28.6. The molecule has 0 radical (unpaired) electrons. The number of anilines is 1. The van der Waals surface area contributed by atoms with E-state index >= 15 is 0 Å². The van der Waals surface area contributed by atoms with Gasteiger partial charge in [0.15, 0.2) is 5.13 Å². The monoisotopic (exact) mass is 562 g/mol. The van der Waals surface area contributed by atoms with Gasteiger partial charge >= 0.3 is 5.97 Å². The van der Waals surface area contributed by atoms with Crippen molar-refractivity contribution in [2.75, 3.05) is 5.32 Å². The number of carboxylic acid groups (broad SMARTS) is 1. The Labute approximate surface area is 237 Å². The SMILES string of the molecule is CCCCCCCCC#Cc1cccc2c1CCc1sc(NC(=O)c3cc(F)c(C=C(C)C(=O)O)c(F)c3)nc1-2. The van der Waals surface area contributed by atoms with E-state index in [9.17, 15) is 18.4 Å². The first-order chi connectivity index (χ1) is 19.3. The van der Waals surface area contributed by atoms with Crippen LogP contribution in [0.15, 0.2) is 35.9 Å². The summed E-state index contributed by atoms with van der Waals surface area (Å²) >= 11 is 1.34. The van der Waals surface area contributed by atoms with Gasteiger partial charge in [-0.05, 0) is 56.0 Å². The van der Waals surface area contributed by atoms with Crippen molar-refractivity contribution in [3.63, 3.8) is 0 Å². The molecule has 1 aliphatic carbocycles. The number of aryl methyl sites for hydroxylation is 1. The zero-order valence-electron chi connectivity index (χ0n) is 22.7. The number of nitrogens with zero attached hydrogens (tertiary/aromatic N) is 1. The predicted molar refractivity (Wildman–Crippen MR) is 155 cm³/mol. The predicted octanol–water partition coefficient (Wildman–Crippen LogP) is 8.03. The van der Waals surface area contributed by atoms with Gasteiger partial charge in [-0.25, -0.2) is 18.6 Å². The van der Waals surface area contributed by atoms with Crippen LogP contribution in [0.1, 0.15) is 90.7 Å². The van der Waals surface area contributed by atoms with Gasteiger partial charge in [-0.15, -0.1) is 11.3 Å². The molecule has 2 N–H and O–H groups in total. The third kappa shape index (κ3) is 7.02. The third-order valence-corrected chi connectivity index (χ3v) is 7.90. The van der Waals surface area contributed by atoms with Crippen LogP contribution in [-0.4, -0.2) is 22.0 Å². The number of fused-ring (bicyclic) bond motifs is 3. The Balaban J connectivity index is 1.47. The van der Waals surface area contributed by atoms with E-state index in [4.69, 9.17) is 5.11 Å². The molecule has 3 aromatic rings. The molecule has 0 spiro atoms. The lowest BCUT2D eigenvalue weighted by molar-refractivity contribution is -0.132. The van der Waals surface area contributed by atoms with E-state index in [1.54, 1.807) is 0 Å². The minimum absolute atomic E-state index is 0.225. The van der Waals surface area contributed by atoms with Gasteiger partial charge in [0.25, 0.3) is 5.91 Å². The maximum Gasteiger partial charge on any atom is 0.331 e. The fraction of sp³-hybridized carbons (Fsp3) is 0.344. The number of hydrogen-bond donors (Lipinski definition) is 2. The van der Waals surface area contributed by atoms with Crippen LogP contribution in [-0.2, 0) is 17.6 Å². The average molecular weight is 563 g/mol. The summed E-state index contributed by atoms with van der Waals surface area (Å²) < 4.78 is 29.1. The molecule has 0 bridgehead atoms. The van der Waals surface area contributed by atoms with Crippen molar-refractivity contribution < 1.29 is 23.5 Å². The summed E-state index contributed by atoms with van der Waals surface area (Å²) in [6.45, 7) is 3.45. The lowest BCUT2D eigenvalue weighted by Crippen LogP contribution is -2.13. The number of aliphatic carboxylic acids is 1. The molecule has 8 heteroatoms. The van der Waals surface area contributed by atoms with Crippen LogP contribution in [0.3, 0.4) is 0 Å². The van der Waals surface area contributed by atoms with E-state index in [1.807, 2.05) is 18.2 Å². The Bertz CT molecular complexity index is 1490. The van der Waals surface area contributed by atoms with Gasteiger partial charge in [-0.3, -0.25) is 10.1 Å². The molecule has 1 heterocycles. The summed E-state index contributed by atoms with van der Waals surface area (Å²) in [7, 11) is 0.